The summed E-state index contributed by atoms with van der Waals surface area (Å²) in [5.41, 5.74) is 1.48. The SMILES string of the molecule is Cc1ccc(Br)c(C(=O)NC(C)CS(C)(=O)=O)c1. The first-order valence-corrected chi connectivity index (χ1v) is 8.29. The predicted molar refractivity (Wildman–Crippen MR) is 75.5 cm³/mol. The lowest BCUT2D eigenvalue weighted by Crippen LogP contribution is -2.37. The van der Waals surface area contributed by atoms with Gasteiger partial charge >= 0.3 is 0 Å². The van der Waals surface area contributed by atoms with E-state index in [-0.39, 0.29) is 11.7 Å². The van der Waals surface area contributed by atoms with Crippen LogP contribution in [0.2, 0.25) is 0 Å². The molecule has 4 nitrogen and oxygen atoms in total. The second-order valence-corrected chi connectivity index (χ2v) is 7.49. The van der Waals surface area contributed by atoms with E-state index in [0.717, 1.165) is 11.8 Å². The molecular weight excluding hydrogens is 318 g/mol. The van der Waals surface area contributed by atoms with Gasteiger partial charge in [-0.05, 0) is 41.9 Å². The molecule has 1 N–H and O–H groups in total. The molecule has 1 aromatic rings. The molecule has 1 unspecified atom stereocenters. The second-order valence-electron chi connectivity index (χ2n) is 4.45. The second kappa shape index (κ2) is 5.84. The van der Waals surface area contributed by atoms with E-state index < -0.39 is 15.9 Å². The lowest BCUT2D eigenvalue weighted by Gasteiger charge is -2.13. The van der Waals surface area contributed by atoms with E-state index >= 15 is 0 Å². The Kier molecular flexibility index (Phi) is 4.92. The molecule has 0 radical (unpaired) electrons. The number of carbonyl (C=O) groups excluding carboxylic acids is 1. The average Bonchev–Trinajstić information content (AvgIpc) is 2.18. The summed E-state index contributed by atoms with van der Waals surface area (Å²) < 4.78 is 22.9. The van der Waals surface area contributed by atoms with Crippen molar-refractivity contribution in [2.24, 2.45) is 0 Å². The molecule has 0 aliphatic heterocycles. The van der Waals surface area contributed by atoms with Gasteiger partial charge < -0.3 is 5.32 Å². The highest BCUT2D eigenvalue weighted by Gasteiger charge is 2.16. The maximum absolute atomic E-state index is 12.0. The average molecular weight is 334 g/mol. The number of halogens is 1. The molecule has 0 saturated heterocycles. The van der Waals surface area contributed by atoms with Gasteiger partial charge in [0.25, 0.3) is 5.91 Å². The highest BCUT2D eigenvalue weighted by molar-refractivity contribution is 9.10. The molecule has 0 aliphatic rings. The molecule has 1 rings (SSSR count). The van der Waals surface area contributed by atoms with Gasteiger partial charge in [0.1, 0.15) is 9.84 Å². The molecule has 100 valence electrons. The Balaban J connectivity index is 2.80. The summed E-state index contributed by atoms with van der Waals surface area (Å²) in [5.74, 6) is -0.343. The number of amides is 1. The molecular formula is C12H16BrNO3S. The van der Waals surface area contributed by atoms with Gasteiger partial charge in [0.2, 0.25) is 0 Å². The van der Waals surface area contributed by atoms with Crippen LogP contribution >= 0.6 is 15.9 Å². The van der Waals surface area contributed by atoms with Gasteiger partial charge in [-0.2, -0.15) is 0 Å². The Morgan fingerprint density at radius 1 is 1.44 bits per heavy atom. The smallest absolute Gasteiger partial charge is 0.252 e. The molecule has 0 heterocycles. The molecule has 0 fully saturated rings. The Morgan fingerprint density at radius 3 is 2.61 bits per heavy atom. The molecule has 0 bridgehead atoms. The van der Waals surface area contributed by atoms with E-state index in [1.807, 2.05) is 13.0 Å². The minimum atomic E-state index is -3.10. The monoisotopic (exact) mass is 333 g/mol. The van der Waals surface area contributed by atoms with Crippen LogP contribution in [0.3, 0.4) is 0 Å². The number of sulfone groups is 1. The van der Waals surface area contributed by atoms with Crippen molar-refractivity contribution in [3.63, 3.8) is 0 Å². The van der Waals surface area contributed by atoms with Gasteiger partial charge in [-0.15, -0.1) is 0 Å². The molecule has 0 spiro atoms. The largest absolute Gasteiger partial charge is 0.349 e. The molecule has 1 amide bonds. The molecule has 0 aromatic heterocycles. The van der Waals surface area contributed by atoms with Crippen LogP contribution in [0.5, 0.6) is 0 Å². The molecule has 1 atom stereocenters. The van der Waals surface area contributed by atoms with E-state index in [1.165, 1.54) is 0 Å². The van der Waals surface area contributed by atoms with Crippen molar-refractivity contribution in [2.75, 3.05) is 12.0 Å². The van der Waals surface area contributed by atoms with Crippen molar-refractivity contribution >= 4 is 31.7 Å². The minimum absolute atomic E-state index is 0.0673. The maximum atomic E-state index is 12.0. The Hall–Kier alpha value is -0.880. The summed E-state index contributed by atoms with van der Waals surface area (Å²) >= 11 is 3.30. The Labute approximate surface area is 116 Å². The van der Waals surface area contributed by atoms with Crippen LogP contribution in [0.1, 0.15) is 22.8 Å². The van der Waals surface area contributed by atoms with E-state index in [4.69, 9.17) is 0 Å². The normalized spacial score (nSPS) is 13.1. The van der Waals surface area contributed by atoms with Crippen LogP contribution in [0, 0.1) is 6.92 Å². The Bertz CT molecular complexity index is 554. The summed E-state index contributed by atoms with van der Waals surface area (Å²) in [6.07, 6.45) is 1.15. The summed E-state index contributed by atoms with van der Waals surface area (Å²) in [4.78, 5) is 12.0. The molecule has 1 aromatic carbocycles. The zero-order chi connectivity index (χ0) is 13.9. The third-order valence-corrected chi connectivity index (χ3v) is 4.09. The van der Waals surface area contributed by atoms with Crippen LogP contribution in [-0.2, 0) is 9.84 Å². The number of benzene rings is 1. The highest BCUT2D eigenvalue weighted by Crippen LogP contribution is 2.18. The van der Waals surface area contributed by atoms with Crippen LogP contribution in [0.4, 0.5) is 0 Å². The fourth-order valence-electron chi connectivity index (χ4n) is 1.61. The summed E-state index contributed by atoms with van der Waals surface area (Å²) in [5, 5.41) is 2.67. The number of carbonyl (C=O) groups is 1. The summed E-state index contributed by atoms with van der Waals surface area (Å²) in [6, 6.07) is 5.03. The van der Waals surface area contributed by atoms with Gasteiger partial charge in [-0.1, -0.05) is 11.6 Å². The molecule has 0 saturated carbocycles. The van der Waals surface area contributed by atoms with E-state index in [1.54, 1.807) is 19.1 Å². The van der Waals surface area contributed by atoms with Crippen molar-refractivity contribution < 1.29 is 13.2 Å². The van der Waals surface area contributed by atoms with Crippen LogP contribution in [0.25, 0.3) is 0 Å². The number of rotatable bonds is 4. The Morgan fingerprint density at radius 2 is 2.06 bits per heavy atom. The maximum Gasteiger partial charge on any atom is 0.252 e. The number of aryl methyl sites for hydroxylation is 1. The number of nitrogens with one attached hydrogen (secondary N) is 1. The number of hydrogen-bond donors (Lipinski definition) is 1. The van der Waals surface area contributed by atoms with Crippen molar-refractivity contribution in [2.45, 2.75) is 19.9 Å². The molecule has 6 heteroatoms. The van der Waals surface area contributed by atoms with Gasteiger partial charge in [-0.3, -0.25) is 4.79 Å². The fourth-order valence-corrected chi connectivity index (χ4v) is 3.03. The third kappa shape index (κ3) is 4.78. The first-order chi connectivity index (χ1) is 8.19. The lowest BCUT2D eigenvalue weighted by molar-refractivity contribution is 0.0943. The van der Waals surface area contributed by atoms with Crippen LogP contribution in [0.15, 0.2) is 22.7 Å². The van der Waals surface area contributed by atoms with Gasteiger partial charge in [0.15, 0.2) is 0 Å². The van der Waals surface area contributed by atoms with E-state index in [9.17, 15) is 13.2 Å². The first kappa shape index (κ1) is 15.2. The highest BCUT2D eigenvalue weighted by atomic mass is 79.9. The van der Waals surface area contributed by atoms with E-state index in [2.05, 4.69) is 21.2 Å². The molecule has 18 heavy (non-hydrogen) atoms. The zero-order valence-electron chi connectivity index (χ0n) is 10.5. The predicted octanol–water partition coefficient (Wildman–Crippen LogP) is 1.92. The summed E-state index contributed by atoms with van der Waals surface area (Å²) in [7, 11) is -3.10. The summed E-state index contributed by atoms with van der Waals surface area (Å²) in [6.45, 7) is 3.56. The van der Waals surface area contributed by atoms with E-state index in [0.29, 0.717) is 10.0 Å². The van der Waals surface area contributed by atoms with Gasteiger partial charge in [0, 0.05) is 16.8 Å². The minimum Gasteiger partial charge on any atom is -0.349 e. The topological polar surface area (TPSA) is 63.2 Å². The van der Waals surface area contributed by atoms with Crippen molar-refractivity contribution in [1.29, 1.82) is 0 Å². The standard InChI is InChI=1S/C12H16BrNO3S/c1-8-4-5-11(13)10(6-8)12(15)14-9(2)7-18(3,16)17/h4-6,9H,7H2,1-3H3,(H,14,15). The third-order valence-electron chi connectivity index (χ3n) is 2.30. The zero-order valence-corrected chi connectivity index (χ0v) is 12.9. The van der Waals surface area contributed by atoms with Crippen LogP contribution in [-0.4, -0.2) is 32.4 Å². The fraction of sp³-hybridized carbons (Fsp3) is 0.417. The van der Waals surface area contributed by atoms with Crippen molar-refractivity contribution in [3.05, 3.63) is 33.8 Å². The van der Waals surface area contributed by atoms with Crippen LogP contribution < -0.4 is 5.32 Å². The first-order valence-electron chi connectivity index (χ1n) is 5.44. The van der Waals surface area contributed by atoms with Gasteiger partial charge in [-0.25, -0.2) is 8.42 Å². The lowest BCUT2D eigenvalue weighted by atomic mass is 10.1. The molecule has 0 aliphatic carbocycles. The van der Waals surface area contributed by atoms with Crippen molar-refractivity contribution in [3.8, 4) is 0 Å². The van der Waals surface area contributed by atoms with Gasteiger partial charge in [0.05, 0.1) is 11.3 Å². The quantitative estimate of drug-likeness (QED) is 0.915. The van der Waals surface area contributed by atoms with Crippen molar-refractivity contribution in [1.82, 2.24) is 5.32 Å². The number of hydrogen-bond acceptors (Lipinski definition) is 3.